The number of hydrogen-bond donors (Lipinski definition) is 1. The van der Waals surface area contributed by atoms with Crippen LogP contribution in [-0.4, -0.2) is 5.11 Å². The van der Waals surface area contributed by atoms with Crippen molar-refractivity contribution in [2.24, 2.45) is 0 Å². The zero-order valence-corrected chi connectivity index (χ0v) is 10.8. The highest BCUT2D eigenvalue weighted by Gasteiger charge is 2.09. The Balaban J connectivity index is 2.13. The number of aliphatic hydroxyl groups is 1. The van der Waals surface area contributed by atoms with Crippen LogP contribution >= 0.6 is 11.6 Å². The Morgan fingerprint density at radius 2 is 1.83 bits per heavy atom. The van der Waals surface area contributed by atoms with Crippen molar-refractivity contribution in [1.29, 1.82) is 0 Å². The minimum Gasteiger partial charge on any atom is -0.388 e. The molecular formula is C15H14ClFO. The Morgan fingerprint density at radius 1 is 1.17 bits per heavy atom. The minimum absolute atomic E-state index is 0.101. The Kier molecular flexibility index (Phi) is 4.00. The summed E-state index contributed by atoms with van der Waals surface area (Å²) in [5.74, 6) is -0.453. The summed E-state index contributed by atoms with van der Waals surface area (Å²) in [5.41, 5.74) is 2.70. The number of aliphatic hydroxyl groups excluding tert-OH is 1. The first-order chi connectivity index (χ1) is 8.56. The van der Waals surface area contributed by atoms with E-state index in [1.54, 1.807) is 6.07 Å². The lowest BCUT2D eigenvalue weighted by Gasteiger charge is -2.11. The molecule has 1 N–H and O–H groups in total. The third kappa shape index (κ3) is 3.09. The molecule has 0 saturated carbocycles. The molecule has 0 bridgehead atoms. The van der Waals surface area contributed by atoms with Gasteiger partial charge in [-0.15, -0.1) is 0 Å². The van der Waals surface area contributed by atoms with Gasteiger partial charge >= 0.3 is 0 Å². The molecule has 0 aliphatic heterocycles. The number of halogens is 2. The van der Waals surface area contributed by atoms with Crippen LogP contribution in [0.25, 0.3) is 0 Å². The summed E-state index contributed by atoms with van der Waals surface area (Å²) in [4.78, 5) is 0. The fraction of sp³-hybridized carbons (Fsp3) is 0.200. The third-order valence-corrected chi connectivity index (χ3v) is 3.18. The van der Waals surface area contributed by atoms with Gasteiger partial charge in [-0.25, -0.2) is 4.39 Å². The average molecular weight is 265 g/mol. The molecule has 2 aromatic carbocycles. The van der Waals surface area contributed by atoms with Crippen molar-refractivity contribution in [3.8, 4) is 0 Å². The number of hydrogen-bond acceptors (Lipinski definition) is 1. The zero-order chi connectivity index (χ0) is 13.1. The molecule has 0 aromatic heterocycles. The molecule has 0 spiro atoms. The Bertz CT molecular complexity index is 537. The molecule has 0 aliphatic rings. The molecule has 0 heterocycles. The van der Waals surface area contributed by atoms with Gasteiger partial charge in [0.25, 0.3) is 0 Å². The quantitative estimate of drug-likeness (QED) is 0.886. The Hall–Kier alpha value is -1.38. The summed E-state index contributed by atoms with van der Waals surface area (Å²) < 4.78 is 13.3. The summed E-state index contributed by atoms with van der Waals surface area (Å²) in [5, 5.41) is 10.2. The van der Waals surface area contributed by atoms with Crippen molar-refractivity contribution in [2.75, 3.05) is 0 Å². The van der Waals surface area contributed by atoms with Crippen LogP contribution < -0.4 is 0 Å². The fourth-order valence-electron chi connectivity index (χ4n) is 1.80. The minimum atomic E-state index is -0.633. The van der Waals surface area contributed by atoms with Gasteiger partial charge in [-0.05, 0) is 30.2 Å². The van der Waals surface area contributed by atoms with E-state index in [1.807, 2.05) is 31.2 Å². The highest BCUT2D eigenvalue weighted by atomic mass is 35.5. The average Bonchev–Trinajstić information content (AvgIpc) is 2.34. The molecule has 1 unspecified atom stereocenters. The van der Waals surface area contributed by atoms with Crippen LogP contribution in [0.2, 0.25) is 5.02 Å². The predicted octanol–water partition coefficient (Wildman–Crippen LogP) is 4.06. The number of benzene rings is 2. The second-order valence-corrected chi connectivity index (χ2v) is 4.79. The van der Waals surface area contributed by atoms with Gasteiger partial charge in [-0.1, -0.05) is 47.5 Å². The van der Waals surface area contributed by atoms with Crippen LogP contribution in [0.15, 0.2) is 42.5 Å². The first kappa shape index (κ1) is 13.1. The van der Waals surface area contributed by atoms with Crippen LogP contribution in [0.4, 0.5) is 4.39 Å². The molecular weight excluding hydrogens is 251 g/mol. The van der Waals surface area contributed by atoms with Gasteiger partial charge in [0.05, 0.1) is 11.1 Å². The molecule has 1 atom stereocenters. The van der Waals surface area contributed by atoms with Crippen molar-refractivity contribution < 1.29 is 9.50 Å². The van der Waals surface area contributed by atoms with Crippen molar-refractivity contribution in [1.82, 2.24) is 0 Å². The van der Waals surface area contributed by atoms with Crippen molar-refractivity contribution >= 4 is 11.6 Å². The largest absolute Gasteiger partial charge is 0.388 e. The maximum Gasteiger partial charge on any atom is 0.142 e. The van der Waals surface area contributed by atoms with Gasteiger partial charge in [-0.3, -0.25) is 0 Å². The van der Waals surface area contributed by atoms with E-state index in [2.05, 4.69) is 0 Å². The normalized spacial score (nSPS) is 12.4. The Labute approximate surface area is 111 Å². The molecule has 2 rings (SSSR count). The second kappa shape index (κ2) is 5.51. The van der Waals surface area contributed by atoms with Gasteiger partial charge < -0.3 is 5.11 Å². The molecule has 2 aromatic rings. The highest BCUT2D eigenvalue weighted by molar-refractivity contribution is 6.30. The first-order valence-electron chi connectivity index (χ1n) is 5.75. The van der Waals surface area contributed by atoms with Gasteiger partial charge in [-0.2, -0.15) is 0 Å². The molecule has 1 nitrogen and oxygen atoms in total. The lowest BCUT2D eigenvalue weighted by Crippen LogP contribution is -2.02. The maximum absolute atomic E-state index is 13.3. The molecule has 0 aliphatic carbocycles. The summed E-state index contributed by atoms with van der Waals surface area (Å²) in [6.07, 6.45) is -0.261. The summed E-state index contributed by atoms with van der Waals surface area (Å²) in [6.45, 7) is 1.99. The molecule has 0 fully saturated rings. The monoisotopic (exact) mass is 264 g/mol. The smallest absolute Gasteiger partial charge is 0.142 e. The topological polar surface area (TPSA) is 20.2 Å². The van der Waals surface area contributed by atoms with Crippen LogP contribution in [0.5, 0.6) is 0 Å². The molecule has 18 heavy (non-hydrogen) atoms. The van der Waals surface area contributed by atoms with E-state index in [0.29, 0.717) is 6.42 Å². The zero-order valence-electron chi connectivity index (χ0n) is 10.0. The molecule has 0 amide bonds. The molecule has 0 radical (unpaired) electrons. The van der Waals surface area contributed by atoms with E-state index >= 15 is 0 Å². The molecule has 0 saturated heterocycles. The predicted molar refractivity (Wildman–Crippen MR) is 71.3 cm³/mol. The summed E-state index contributed by atoms with van der Waals surface area (Å²) in [6, 6.07) is 12.2. The van der Waals surface area contributed by atoms with E-state index in [1.165, 1.54) is 12.1 Å². The lowest BCUT2D eigenvalue weighted by atomic mass is 10.0. The van der Waals surface area contributed by atoms with Crippen molar-refractivity contribution in [2.45, 2.75) is 19.4 Å². The van der Waals surface area contributed by atoms with E-state index < -0.39 is 11.9 Å². The van der Waals surface area contributed by atoms with Crippen LogP contribution in [0, 0.1) is 12.7 Å². The van der Waals surface area contributed by atoms with Crippen LogP contribution in [-0.2, 0) is 6.42 Å². The van der Waals surface area contributed by atoms with Gasteiger partial charge in [0.1, 0.15) is 5.82 Å². The summed E-state index contributed by atoms with van der Waals surface area (Å²) >= 11 is 5.61. The fourth-order valence-corrected chi connectivity index (χ4v) is 1.91. The third-order valence-electron chi connectivity index (χ3n) is 2.88. The van der Waals surface area contributed by atoms with E-state index in [-0.39, 0.29) is 5.02 Å². The van der Waals surface area contributed by atoms with Crippen molar-refractivity contribution in [3.05, 3.63) is 70.0 Å². The number of rotatable bonds is 3. The van der Waals surface area contributed by atoms with E-state index in [0.717, 1.165) is 16.7 Å². The first-order valence-corrected chi connectivity index (χ1v) is 6.12. The maximum atomic E-state index is 13.3. The van der Waals surface area contributed by atoms with Gasteiger partial charge in [0.2, 0.25) is 0 Å². The van der Waals surface area contributed by atoms with Crippen LogP contribution in [0.1, 0.15) is 22.8 Å². The van der Waals surface area contributed by atoms with Gasteiger partial charge in [0, 0.05) is 6.42 Å². The van der Waals surface area contributed by atoms with Crippen LogP contribution in [0.3, 0.4) is 0 Å². The highest BCUT2D eigenvalue weighted by Crippen LogP contribution is 2.21. The van der Waals surface area contributed by atoms with E-state index in [9.17, 15) is 9.50 Å². The van der Waals surface area contributed by atoms with Gasteiger partial charge in [0.15, 0.2) is 0 Å². The standard InChI is InChI=1S/C15H14ClFO/c1-10-2-5-12(6-3-10)15(18)9-11-4-7-13(16)14(17)8-11/h2-8,15,18H,9H2,1H3. The SMILES string of the molecule is Cc1ccc(C(O)Cc2ccc(Cl)c(F)c2)cc1. The molecule has 3 heteroatoms. The lowest BCUT2D eigenvalue weighted by molar-refractivity contribution is 0.178. The Morgan fingerprint density at radius 3 is 2.44 bits per heavy atom. The second-order valence-electron chi connectivity index (χ2n) is 4.38. The number of aryl methyl sites for hydroxylation is 1. The molecule has 94 valence electrons. The van der Waals surface area contributed by atoms with Crippen molar-refractivity contribution in [3.63, 3.8) is 0 Å². The summed E-state index contributed by atoms with van der Waals surface area (Å²) in [7, 11) is 0. The van der Waals surface area contributed by atoms with E-state index in [4.69, 9.17) is 11.6 Å².